The average molecular weight is 489 g/mol. The molecule has 0 amide bonds. The molecule has 2 bridgehead atoms. The van der Waals surface area contributed by atoms with Gasteiger partial charge in [-0.1, -0.05) is 60.1 Å². The number of fused-ring (bicyclic) bond motifs is 3. The molecule has 1 aliphatic heterocycles. The van der Waals surface area contributed by atoms with Crippen molar-refractivity contribution in [3.63, 3.8) is 0 Å². The summed E-state index contributed by atoms with van der Waals surface area (Å²) < 4.78 is 6.21. The Labute approximate surface area is 211 Å². The number of carboxylic acids is 1. The Hall–Kier alpha value is -0.910. The van der Waals surface area contributed by atoms with Crippen LogP contribution in [0.3, 0.4) is 0 Å². The normalized spacial score (nSPS) is 54.2. The molecule has 1 heterocycles. The molecular weight excluding hydrogens is 440 g/mol. The van der Waals surface area contributed by atoms with E-state index in [0.717, 1.165) is 32.1 Å². The van der Waals surface area contributed by atoms with E-state index in [1.54, 1.807) is 0 Å². The van der Waals surface area contributed by atoms with Crippen LogP contribution in [0.5, 0.6) is 0 Å². The molecule has 0 aromatic carbocycles. The zero-order chi connectivity index (χ0) is 25.8. The number of carboxylic acid groups (broad SMARTS) is 1. The van der Waals surface area contributed by atoms with Crippen LogP contribution in [0.25, 0.3) is 0 Å². The Balaban J connectivity index is 1.62. The molecule has 3 N–H and O–H groups in total. The van der Waals surface area contributed by atoms with Gasteiger partial charge in [-0.3, -0.25) is 4.79 Å². The predicted molar refractivity (Wildman–Crippen MR) is 136 cm³/mol. The van der Waals surface area contributed by atoms with E-state index in [1.807, 2.05) is 0 Å². The summed E-state index contributed by atoms with van der Waals surface area (Å²) in [6.45, 7) is 16.8. The van der Waals surface area contributed by atoms with Crippen LogP contribution < -0.4 is 0 Å². The number of ether oxygens (including phenoxy) is 1. The second kappa shape index (κ2) is 7.80. The van der Waals surface area contributed by atoms with Crippen LogP contribution in [0.2, 0.25) is 0 Å². The standard InChI is InChI=1S/C30H48O5/c1-17(2)18(3)26(4)12-13-28(6)19-8-9-22-27(5)15-35-16-30(22,14-21(31)24(27)32)20(19)10-11-29(28,7)23(26)25(33)34/h10,17-19,21-24,31-32H,8-9,11-16H2,1-7H3,(H,33,34)/t18-,19+,21-,22+,23-,24+,26-,27-,28-,29+,30+/m1/s1. The SMILES string of the molecule is CC(C)[C@@H](C)[C@@]1(C)CC[C@]2(C)[C@H]3CC[C@@H]4[C@@]5(COC[C@@]4(C)[C@@H](O)[C@H](O)C5)C3=CC[C@@]2(C)[C@@H]1C(=O)O. The van der Waals surface area contributed by atoms with E-state index in [9.17, 15) is 20.1 Å². The van der Waals surface area contributed by atoms with E-state index in [4.69, 9.17) is 4.74 Å². The van der Waals surface area contributed by atoms with Crippen molar-refractivity contribution in [1.82, 2.24) is 0 Å². The summed E-state index contributed by atoms with van der Waals surface area (Å²) in [6, 6.07) is 0. The second-order valence-corrected chi connectivity index (χ2v) is 14.6. The number of aliphatic hydroxyl groups is 2. The molecule has 5 aliphatic rings. The van der Waals surface area contributed by atoms with Crippen LogP contribution in [0, 0.1) is 56.7 Å². The highest BCUT2D eigenvalue weighted by Gasteiger charge is 2.71. The van der Waals surface area contributed by atoms with Crippen molar-refractivity contribution in [2.45, 2.75) is 99.2 Å². The number of aliphatic hydroxyl groups excluding tert-OH is 2. The lowest BCUT2D eigenvalue weighted by Gasteiger charge is -2.71. The van der Waals surface area contributed by atoms with Gasteiger partial charge >= 0.3 is 5.97 Å². The van der Waals surface area contributed by atoms with Crippen molar-refractivity contribution in [3.8, 4) is 0 Å². The molecule has 11 atom stereocenters. The van der Waals surface area contributed by atoms with Gasteiger partial charge in [0.05, 0.1) is 31.3 Å². The van der Waals surface area contributed by atoms with Crippen LogP contribution in [-0.2, 0) is 9.53 Å². The van der Waals surface area contributed by atoms with Gasteiger partial charge in [0.15, 0.2) is 0 Å². The topological polar surface area (TPSA) is 87.0 Å². The summed E-state index contributed by atoms with van der Waals surface area (Å²) in [6.07, 6.45) is 6.21. The van der Waals surface area contributed by atoms with Crippen molar-refractivity contribution in [2.75, 3.05) is 13.2 Å². The van der Waals surface area contributed by atoms with Gasteiger partial charge in [-0.25, -0.2) is 0 Å². The third kappa shape index (κ3) is 3.01. The first kappa shape index (κ1) is 25.7. The number of rotatable bonds is 3. The number of hydrogen-bond acceptors (Lipinski definition) is 4. The molecule has 4 fully saturated rings. The average Bonchev–Trinajstić information content (AvgIpc) is 2.77. The third-order valence-electron chi connectivity index (χ3n) is 13.1. The Morgan fingerprint density at radius 2 is 1.71 bits per heavy atom. The molecule has 5 rings (SSSR count). The number of allylic oxidation sites excluding steroid dienone is 1. The summed E-state index contributed by atoms with van der Waals surface area (Å²) in [5, 5.41) is 32.7. The lowest BCUT2D eigenvalue weighted by Crippen LogP contribution is -2.69. The first-order valence-corrected chi connectivity index (χ1v) is 14.1. The van der Waals surface area contributed by atoms with E-state index in [-0.39, 0.29) is 21.7 Å². The molecule has 5 heteroatoms. The minimum absolute atomic E-state index is 0.120. The molecule has 0 unspecified atom stereocenters. The summed E-state index contributed by atoms with van der Waals surface area (Å²) in [5.41, 5.74) is 0.0277. The molecule has 0 radical (unpaired) electrons. The highest BCUT2D eigenvalue weighted by molar-refractivity contribution is 5.73. The molecule has 4 aliphatic carbocycles. The fraction of sp³-hybridized carbons (Fsp3) is 0.900. The van der Waals surface area contributed by atoms with E-state index < -0.39 is 29.5 Å². The number of aliphatic carboxylic acids is 1. The van der Waals surface area contributed by atoms with Gasteiger partial charge in [0.25, 0.3) is 0 Å². The van der Waals surface area contributed by atoms with Crippen LogP contribution >= 0.6 is 0 Å². The van der Waals surface area contributed by atoms with Gasteiger partial charge in [-0.2, -0.15) is 0 Å². The molecule has 5 nitrogen and oxygen atoms in total. The smallest absolute Gasteiger partial charge is 0.307 e. The van der Waals surface area contributed by atoms with Gasteiger partial charge in [0.1, 0.15) is 0 Å². The van der Waals surface area contributed by atoms with Gasteiger partial charge in [0.2, 0.25) is 0 Å². The van der Waals surface area contributed by atoms with Crippen LogP contribution in [-0.4, -0.2) is 46.7 Å². The van der Waals surface area contributed by atoms with Crippen molar-refractivity contribution in [1.29, 1.82) is 0 Å². The maximum absolute atomic E-state index is 13.1. The van der Waals surface area contributed by atoms with Crippen molar-refractivity contribution < 1.29 is 24.9 Å². The fourth-order valence-corrected chi connectivity index (χ4v) is 10.6. The van der Waals surface area contributed by atoms with Gasteiger partial charge < -0.3 is 20.1 Å². The first-order valence-electron chi connectivity index (χ1n) is 14.1. The molecule has 35 heavy (non-hydrogen) atoms. The molecule has 1 saturated heterocycles. The molecule has 3 saturated carbocycles. The molecule has 0 aromatic rings. The summed E-state index contributed by atoms with van der Waals surface area (Å²) in [7, 11) is 0. The third-order valence-corrected chi connectivity index (χ3v) is 13.1. The Kier molecular flexibility index (Phi) is 5.73. The maximum Gasteiger partial charge on any atom is 0.307 e. The number of carbonyl (C=O) groups is 1. The van der Waals surface area contributed by atoms with Crippen molar-refractivity contribution in [3.05, 3.63) is 11.6 Å². The lowest BCUT2D eigenvalue weighted by atomic mass is 9.34. The van der Waals surface area contributed by atoms with Crippen LogP contribution in [0.4, 0.5) is 0 Å². The molecule has 198 valence electrons. The highest BCUT2D eigenvalue weighted by atomic mass is 16.5. The Morgan fingerprint density at radius 3 is 2.34 bits per heavy atom. The molecule has 0 aromatic heterocycles. The lowest BCUT2D eigenvalue weighted by molar-refractivity contribution is -0.253. The zero-order valence-corrected chi connectivity index (χ0v) is 22.9. The summed E-state index contributed by atoms with van der Waals surface area (Å²) in [5.74, 6) is 0.320. The van der Waals surface area contributed by atoms with Gasteiger partial charge in [-0.15, -0.1) is 0 Å². The van der Waals surface area contributed by atoms with Crippen molar-refractivity contribution in [2.24, 2.45) is 56.7 Å². The van der Waals surface area contributed by atoms with Crippen molar-refractivity contribution >= 4 is 5.97 Å². The summed E-state index contributed by atoms with van der Waals surface area (Å²) >= 11 is 0. The largest absolute Gasteiger partial charge is 0.481 e. The first-order chi connectivity index (χ1) is 16.2. The van der Waals surface area contributed by atoms with Crippen LogP contribution in [0.15, 0.2) is 11.6 Å². The number of hydrogen-bond donors (Lipinski definition) is 3. The maximum atomic E-state index is 13.1. The van der Waals surface area contributed by atoms with Crippen LogP contribution in [0.1, 0.15) is 87.0 Å². The van der Waals surface area contributed by atoms with E-state index in [2.05, 4.69) is 54.5 Å². The van der Waals surface area contributed by atoms with E-state index in [0.29, 0.717) is 43.3 Å². The van der Waals surface area contributed by atoms with Gasteiger partial charge in [0, 0.05) is 10.8 Å². The quantitative estimate of drug-likeness (QED) is 0.470. The predicted octanol–water partition coefficient (Wildman–Crippen LogP) is 5.30. The second-order valence-electron chi connectivity index (χ2n) is 14.6. The minimum atomic E-state index is -0.758. The summed E-state index contributed by atoms with van der Waals surface area (Å²) in [4.78, 5) is 13.1. The van der Waals surface area contributed by atoms with E-state index >= 15 is 0 Å². The zero-order valence-electron chi connectivity index (χ0n) is 22.9. The molecular formula is C30H48O5. The Morgan fingerprint density at radius 1 is 1.03 bits per heavy atom. The highest BCUT2D eigenvalue weighted by Crippen LogP contribution is 2.74. The van der Waals surface area contributed by atoms with Gasteiger partial charge in [-0.05, 0) is 78.4 Å². The Bertz CT molecular complexity index is 928. The molecule has 0 spiro atoms. The fourth-order valence-electron chi connectivity index (χ4n) is 10.6. The van der Waals surface area contributed by atoms with E-state index in [1.165, 1.54) is 5.57 Å². The minimum Gasteiger partial charge on any atom is -0.481 e. The monoisotopic (exact) mass is 488 g/mol.